The molecular weight excluding hydrogens is 307 g/mol. The zero-order valence-electron chi connectivity index (χ0n) is 14.0. The summed E-state index contributed by atoms with van der Waals surface area (Å²) in [4.78, 5) is 17.2. The van der Waals surface area contributed by atoms with Crippen molar-refractivity contribution in [3.05, 3.63) is 35.1 Å². The Balaban J connectivity index is 1.55. The molecule has 2 heterocycles. The third kappa shape index (κ3) is 3.74. The third-order valence-electron chi connectivity index (χ3n) is 5.11. The number of likely N-dealkylation sites (tertiary alicyclic amines) is 2. The van der Waals surface area contributed by atoms with Gasteiger partial charge in [0, 0.05) is 30.7 Å². The molecule has 0 radical (unpaired) electrons. The second-order valence-electron chi connectivity index (χ2n) is 6.79. The van der Waals surface area contributed by atoms with Crippen molar-refractivity contribution in [3.63, 3.8) is 0 Å². The first-order valence-electron chi connectivity index (χ1n) is 8.50. The van der Waals surface area contributed by atoms with E-state index in [1.54, 1.807) is 6.07 Å². The molecule has 1 amide bonds. The van der Waals surface area contributed by atoms with Crippen LogP contribution in [0.4, 0.5) is 4.39 Å². The normalized spacial score (nSPS) is 23.1. The molecule has 2 aliphatic rings. The van der Waals surface area contributed by atoms with E-state index in [1.165, 1.54) is 31.0 Å². The molecule has 0 aromatic heterocycles. The third-order valence-corrected chi connectivity index (χ3v) is 5.11. The van der Waals surface area contributed by atoms with Crippen LogP contribution in [0.2, 0.25) is 0 Å². The quantitative estimate of drug-likeness (QED) is 0.914. The average Bonchev–Trinajstić information content (AvgIpc) is 3.04. The van der Waals surface area contributed by atoms with Crippen molar-refractivity contribution in [3.8, 4) is 6.07 Å². The number of nitrogens with one attached hydrogen (secondary N) is 1. The maximum atomic E-state index is 13.4. The van der Waals surface area contributed by atoms with Crippen molar-refractivity contribution >= 4 is 5.91 Å². The van der Waals surface area contributed by atoms with Gasteiger partial charge in [0.25, 0.3) is 5.91 Å². The number of carbonyl (C=O) groups excluding carboxylic acids is 1. The largest absolute Gasteiger partial charge is 0.348 e. The van der Waals surface area contributed by atoms with Crippen molar-refractivity contribution in [2.24, 2.45) is 0 Å². The first-order chi connectivity index (χ1) is 11.6. The Morgan fingerprint density at radius 3 is 2.75 bits per heavy atom. The molecule has 1 atom stereocenters. The monoisotopic (exact) mass is 330 g/mol. The highest BCUT2D eigenvalue weighted by Gasteiger charge is 2.30. The number of nitriles is 1. The molecule has 0 aliphatic carbocycles. The fraction of sp³-hybridized carbons (Fsp3) is 0.556. The SMILES string of the molecule is CN1CCC(N2CCC(NC(=O)c3ccc(F)c(C#N)c3)C2)CC1. The van der Waals surface area contributed by atoms with E-state index in [2.05, 4.69) is 22.2 Å². The summed E-state index contributed by atoms with van der Waals surface area (Å²) < 4.78 is 13.4. The van der Waals surface area contributed by atoms with Crippen LogP contribution in [0.1, 0.15) is 35.2 Å². The molecule has 128 valence electrons. The topological polar surface area (TPSA) is 59.4 Å². The van der Waals surface area contributed by atoms with Crippen LogP contribution < -0.4 is 5.32 Å². The van der Waals surface area contributed by atoms with Crippen molar-refractivity contribution in [1.29, 1.82) is 5.26 Å². The van der Waals surface area contributed by atoms with Gasteiger partial charge in [0.1, 0.15) is 11.9 Å². The van der Waals surface area contributed by atoms with Crippen molar-refractivity contribution in [2.75, 3.05) is 33.2 Å². The van der Waals surface area contributed by atoms with Gasteiger partial charge in [-0.15, -0.1) is 0 Å². The van der Waals surface area contributed by atoms with Gasteiger partial charge in [-0.2, -0.15) is 5.26 Å². The molecule has 24 heavy (non-hydrogen) atoms. The first kappa shape index (κ1) is 16.9. The number of carbonyl (C=O) groups is 1. The van der Waals surface area contributed by atoms with Crippen LogP contribution in [-0.2, 0) is 0 Å². The number of piperidine rings is 1. The zero-order chi connectivity index (χ0) is 17.1. The van der Waals surface area contributed by atoms with Crippen LogP contribution in [0.5, 0.6) is 0 Å². The Morgan fingerprint density at radius 1 is 1.29 bits per heavy atom. The van der Waals surface area contributed by atoms with Crippen LogP contribution in [0.15, 0.2) is 18.2 Å². The molecule has 0 bridgehead atoms. The molecule has 1 unspecified atom stereocenters. The molecule has 1 N–H and O–H groups in total. The number of halogens is 1. The minimum Gasteiger partial charge on any atom is -0.348 e. The van der Waals surface area contributed by atoms with Gasteiger partial charge in [0.15, 0.2) is 0 Å². The number of amides is 1. The predicted octanol–water partition coefficient (Wildman–Crippen LogP) is 1.60. The second-order valence-corrected chi connectivity index (χ2v) is 6.79. The fourth-order valence-electron chi connectivity index (χ4n) is 3.62. The van der Waals surface area contributed by atoms with Crippen molar-refractivity contribution < 1.29 is 9.18 Å². The highest BCUT2D eigenvalue weighted by Crippen LogP contribution is 2.21. The van der Waals surface area contributed by atoms with Gasteiger partial charge < -0.3 is 10.2 Å². The fourth-order valence-corrected chi connectivity index (χ4v) is 3.62. The first-order valence-corrected chi connectivity index (χ1v) is 8.50. The van der Waals surface area contributed by atoms with Crippen molar-refractivity contribution in [1.82, 2.24) is 15.1 Å². The molecule has 2 saturated heterocycles. The van der Waals surface area contributed by atoms with Gasteiger partial charge in [-0.05, 0) is 57.6 Å². The number of hydrogen-bond donors (Lipinski definition) is 1. The van der Waals surface area contributed by atoms with Crippen molar-refractivity contribution in [2.45, 2.75) is 31.3 Å². The van der Waals surface area contributed by atoms with E-state index in [1.807, 2.05) is 0 Å². The number of nitrogens with zero attached hydrogens (tertiary/aromatic N) is 3. The summed E-state index contributed by atoms with van der Waals surface area (Å²) >= 11 is 0. The van der Waals surface area contributed by atoms with E-state index in [4.69, 9.17) is 5.26 Å². The summed E-state index contributed by atoms with van der Waals surface area (Å²) in [5, 5.41) is 11.9. The average molecular weight is 330 g/mol. The lowest BCUT2D eigenvalue weighted by atomic mass is 10.0. The Morgan fingerprint density at radius 2 is 2.04 bits per heavy atom. The molecule has 5 nitrogen and oxygen atoms in total. The molecule has 2 fully saturated rings. The van der Waals surface area contributed by atoms with E-state index in [9.17, 15) is 9.18 Å². The molecule has 0 saturated carbocycles. The van der Waals surface area contributed by atoms with E-state index < -0.39 is 5.82 Å². The highest BCUT2D eigenvalue weighted by molar-refractivity contribution is 5.94. The van der Waals surface area contributed by atoms with Gasteiger partial charge in [0.05, 0.1) is 5.56 Å². The molecule has 1 aromatic rings. The summed E-state index contributed by atoms with van der Waals surface area (Å²) in [6, 6.07) is 6.41. The number of benzene rings is 1. The minimum absolute atomic E-state index is 0.0953. The van der Waals surface area contributed by atoms with E-state index >= 15 is 0 Å². The number of rotatable bonds is 3. The smallest absolute Gasteiger partial charge is 0.251 e. The molecule has 0 spiro atoms. The molecule has 3 rings (SSSR count). The minimum atomic E-state index is -0.594. The Bertz CT molecular complexity index is 649. The summed E-state index contributed by atoms with van der Waals surface area (Å²) in [5.41, 5.74) is 0.243. The second kappa shape index (κ2) is 7.29. The lowest BCUT2D eigenvalue weighted by Gasteiger charge is -2.35. The maximum absolute atomic E-state index is 13.4. The Labute approximate surface area is 142 Å². The Hall–Kier alpha value is -1.97. The van der Waals surface area contributed by atoms with E-state index in [-0.39, 0.29) is 17.5 Å². The van der Waals surface area contributed by atoms with Gasteiger partial charge >= 0.3 is 0 Å². The van der Waals surface area contributed by atoms with Gasteiger partial charge in [0.2, 0.25) is 0 Å². The van der Waals surface area contributed by atoms with Crippen LogP contribution in [0.3, 0.4) is 0 Å². The van der Waals surface area contributed by atoms with Crippen LogP contribution in [0.25, 0.3) is 0 Å². The zero-order valence-corrected chi connectivity index (χ0v) is 14.0. The predicted molar refractivity (Wildman–Crippen MR) is 89.1 cm³/mol. The van der Waals surface area contributed by atoms with E-state index in [0.29, 0.717) is 11.6 Å². The maximum Gasteiger partial charge on any atom is 0.251 e. The van der Waals surface area contributed by atoms with Crippen LogP contribution in [-0.4, -0.2) is 61.0 Å². The van der Waals surface area contributed by atoms with Gasteiger partial charge in [-0.1, -0.05) is 0 Å². The lowest BCUT2D eigenvalue weighted by molar-refractivity contribution is 0.0932. The molecular formula is C18H23FN4O. The van der Waals surface area contributed by atoms with E-state index in [0.717, 1.165) is 32.6 Å². The van der Waals surface area contributed by atoms with Crippen LogP contribution in [0, 0.1) is 17.1 Å². The van der Waals surface area contributed by atoms with Gasteiger partial charge in [-0.3, -0.25) is 9.69 Å². The molecule has 1 aromatic carbocycles. The summed E-state index contributed by atoms with van der Waals surface area (Å²) in [5.74, 6) is -0.829. The molecule has 2 aliphatic heterocycles. The lowest BCUT2D eigenvalue weighted by Crippen LogP contribution is -2.44. The van der Waals surface area contributed by atoms with Gasteiger partial charge in [-0.25, -0.2) is 4.39 Å². The summed E-state index contributed by atoms with van der Waals surface area (Å²) in [7, 11) is 2.15. The molecule has 6 heteroatoms. The standard InChI is InChI=1S/C18H23FN4O/c1-22-7-5-16(6-8-22)23-9-4-15(12-23)21-18(24)13-2-3-17(19)14(10-13)11-20/h2-3,10,15-16H,4-9,12H2,1H3,(H,21,24). The highest BCUT2D eigenvalue weighted by atomic mass is 19.1. The number of hydrogen-bond acceptors (Lipinski definition) is 4. The summed E-state index contributed by atoms with van der Waals surface area (Å²) in [6.07, 6.45) is 3.30. The van der Waals surface area contributed by atoms with Crippen LogP contribution >= 0.6 is 0 Å². The summed E-state index contributed by atoms with van der Waals surface area (Å²) in [6.45, 7) is 4.13. The Kier molecular flexibility index (Phi) is 5.12.